The van der Waals surface area contributed by atoms with Gasteiger partial charge in [-0.2, -0.15) is 5.10 Å². The zero-order chi connectivity index (χ0) is 24.2. The maximum Gasteiger partial charge on any atom is 0.353 e. The van der Waals surface area contributed by atoms with Crippen molar-refractivity contribution in [2.75, 3.05) is 13.2 Å². The van der Waals surface area contributed by atoms with Gasteiger partial charge in [0.1, 0.15) is 4.88 Å². The molecule has 174 valence electrons. The molecule has 0 saturated heterocycles. The average Bonchev–Trinajstić information content (AvgIpc) is 3.39. The van der Waals surface area contributed by atoms with E-state index in [4.69, 9.17) is 9.47 Å². The summed E-state index contributed by atoms with van der Waals surface area (Å²) in [5.41, 5.74) is 3.84. The molecule has 8 nitrogen and oxygen atoms in total. The van der Waals surface area contributed by atoms with Gasteiger partial charge in [0, 0.05) is 6.08 Å². The molecular weight excluding hydrogens is 454 g/mol. The van der Waals surface area contributed by atoms with Crippen LogP contribution in [0.3, 0.4) is 0 Å². The van der Waals surface area contributed by atoms with Crippen molar-refractivity contribution in [1.29, 1.82) is 0 Å². The summed E-state index contributed by atoms with van der Waals surface area (Å²) in [4.78, 5) is 36.5. The minimum atomic E-state index is -0.482. The summed E-state index contributed by atoms with van der Waals surface area (Å²) in [6.45, 7) is 1.96. The Hall–Kier alpha value is -4.24. The summed E-state index contributed by atoms with van der Waals surface area (Å²) in [5, 5.41) is 8.17. The van der Waals surface area contributed by atoms with E-state index in [0.717, 1.165) is 5.56 Å². The number of carbonyl (C=O) groups is 3. The molecular formula is C25H23N3O5S. The molecule has 3 aromatic rings. The summed E-state index contributed by atoms with van der Waals surface area (Å²) in [6.07, 6.45) is 4.43. The van der Waals surface area contributed by atoms with Crippen molar-refractivity contribution in [2.24, 2.45) is 5.10 Å². The first kappa shape index (κ1) is 24.4. The van der Waals surface area contributed by atoms with E-state index >= 15 is 0 Å². The van der Waals surface area contributed by atoms with Crippen LogP contribution in [0, 0.1) is 0 Å². The quantitative estimate of drug-likeness (QED) is 0.152. The highest BCUT2D eigenvalue weighted by Gasteiger charge is 2.14. The molecule has 0 unspecified atom stereocenters. The molecule has 9 heteroatoms. The van der Waals surface area contributed by atoms with Crippen LogP contribution in [-0.2, 0) is 9.59 Å². The maximum absolute atomic E-state index is 12.2. The molecule has 0 radical (unpaired) electrons. The van der Waals surface area contributed by atoms with E-state index in [1.165, 1.54) is 23.6 Å². The van der Waals surface area contributed by atoms with Crippen LogP contribution in [0.25, 0.3) is 6.08 Å². The van der Waals surface area contributed by atoms with E-state index in [1.54, 1.807) is 41.8 Å². The maximum atomic E-state index is 12.2. The molecule has 2 amide bonds. The van der Waals surface area contributed by atoms with Crippen LogP contribution in [0.1, 0.15) is 27.7 Å². The van der Waals surface area contributed by atoms with Crippen LogP contribution in [-0.4, -0.2) is 37.1 Å². The normalized spacial score (nSPS) is 10.9. The van der Waals surface area contributed by atoms with E-state index in [2.05, 4.69) is 15.8 Å². The van der Waals surface area contributed by atoms with E-state index < -0.39 is 17.8 Å². The Labute approximate surface area is 200 Å². The number of thiophene rings is 1. The van der Waals surface area contributed by atoms with E-state index in [-0.39, 0.29) is 12.3 Å². The number of hydrogen-bond acceptors (Lipinski definition) is 7. The number of esters is 1. The number of carbonyl (C=O) groups excluding carboxylic acids is 3. The fraction of sp³-hybridized carbons (Fsp3) is 0.120. The number of rotatable bonds is 10. The molecule has 1 aromatic heterocycles. The van der Waals surface area contributed by atoms with Crippen LogP contribution in [0.2, 0.25) is 0 Å². The van der Waals surface area contributed by atoms with Gasteiger partial charge in [-0.1, -0.05) is 36.4 Å². The lowest BCUT2D eigenvalue weighted by Gasteiger charge is -2.10. The molecule has 2 N–H and O–H groups in total. The van der Waals surface area contributed by atoms with Crippen LogP contribution in [0.5, 0.6) is 11.5 Å². The topological polar surface area (TPSA) is 106 Å². The first-order valence-electron chi connectivity index (χ1n) is 10.4. The third-order valence-corrected chi connectivity index (χ3v) is 5.10. The van der Waals surface area contributed by atoms with Gasteiger partial charge in [0.15, 0.2) is 11.5 Å². The Kier molecular flexibility index (Phi) is 9.12. The highest BCUT2D eigenvalue weighted by atomic mass is 32.1. The van der Waals surface area contributed by atoms with Gasteiger partial charge in [-0.3, -0.25) is 9.59 Å². The van der Waals surface area contributed by atoms with E-state index in [9.17, 15) is 14.4 Å². The standard InChI is InChI=1S/C25H23N3O5S/c1-2-32-21-15-19(10-12-20(21)33-25(31)22-9-6-14-34-22)16-27-28-24(30)17-26-23(29)13-11-18-7-4-3-5-8-18/h3-16H,2,17H2,1H3,(H,26,29)(H,28,30). The third-order valence-electron chi connectivity index (χ3n) is 4.25. The Morgan fingerprint density at radius 1 is 1.00 bits per heavy atom. The summed E-state index contributed by atoms with van der Waals surface area (Å²) < 4.78 is 11.0. The predicted octanol–water partition coefficient (Wildman–Crippen LogP) is 3.65. The van der Waals surface area contributed by atoms with Crippen LogP contribution in [0.4, 0.5) is 0 Å². The monoisotopic (exact) mass is 477 g/mol. The van der Waals surface area contributed by atoms with Gasteiger partial charge in [0.05, 0.1) is 19.4 Å². The lowest BCUT2D eigenvalue weighted by molar-refractivity contribution is -0.123. The Morgan fingerprint density at radius 3 is 2.56 bits per heavy atom. The molecule has 34 heavy (non-hydrogen) atoms. The summed E-state index contributed by atoms with van der Waals surface area (Å²) in [6, 6.07) is 17.7. The zero-order valence-corrected chi connectivity index (χ0v) is 19.2. The van der Waals surface area contributed by atoms with E-state index in [0.29, 0.717) is 22.8 Å². The minimum absolute atomic E-state index is 0.225. The molecule has 3 rings (SSSR count). The number of hydrogen-bond donors (Lipinski definition) is 2. The van der Waals surface area contributed by atoms with Crippen molar-refractivity contribution < 1.29 is 23.9 Å². The molecule has 2 aromatic carbocycles. The van der Waals surface area contributed by atoms with Crippen LogP contribution >= 0.6 is 11.3 Å². The smallest absolute Gasteiger partial charge is 0.353 e. The number of benzene rings is 2. The van der Waals surface area contributed by atoms with Crippen molar-refractivity contribution in [3.63, 3.8) is 0 Å². The SMILES string of the molecule is CCOc1cc(C=NNC(=O)CNC(=O)C=Cc2ccccc2)ccc1OC(=O)c1cccs1. The first-order chi connectivity index (χ1) is 16.5. The highest BCUT2D eigenvalue weighted by Crippen LogP contribution is 2.29. The summed E-state index contributed by atoms with van der Waals surface area (Å²) >= 11 is 1.29. The molecule has 1 heterocycles. The van der Waals surface area contributed by atoms with Crippen molar-refractivity contribution in [1.82, 2.24) is 10.7 Å². The second-order valence-corrected chi connectivity index (χ2v) is 7.71. The van der Waals surface area contributed by atoms with Gasteiger partial charge >= 0.3 is 5.97 Å². The molecule has 0 saturated carbocycles. The number of amides is 2. The molecule has 0 fully saturated rings. The largest absolute Gasteiger partial charge is 0.490 e. The molecule has 0 spiro atoms. The van der Waals surface area contributed by atoms with Crippen molar-refractivity contribution in [3.05, 3.63) is 88.1 Å². The molecule has 0 bridgehead atoms. The minimum Gasteiger partial charge on any atom is -0.490 e. The van der Waals surface area contributed by atoms with Gasteiger partial charge in [0.25, 0.3) is 5.91 Å². The number of hydrazone groups is 1. The molecule has 0 atom stereocenters. The second kappa shape index (κ2) is 12.7. The van der Waals surface area contributed by atoms with Gasteiger partial charge in [-0.25, -0.2) is 10.2 Å². The fourth-order valence-corrected chi connectivity index (χ4v) is 3.28. The highest BCUT2D eigenvalue weighted by molar-refractivity contribution is 7.12. The zero-order valence-electron chi connectivity index (χ0n) is 18.4. The summed E-state index contributed by atoms with van der Waals surface area (Å²) in [7, 11) is 0. The fourth-order valence-electron chi connectivity index (χ4n) is 2.68. The second-order valence-electron chi connectivity index (χ2n) is 6.76. The molecule has 0 aliphatic rings. The number of nitrogens with one attached hydrogen (secondary N) is 2. The molecule has 0 aliphatic carbocycles. The van der Waals surface area contributed by atoms with Crippen LogP contribution < -0.4 is 20.2 Å². The Balaban J connectivity index is 1.50. The number of ether oxygens (including phenoxy) is 2. The van der Waals surface area contributed by atoms with Crippen LogP contribution in [0.15, 0.2) is 77.2 Å². The summed E-state index contributed by atoms with van der Waals surface area (Å²) in [5.74, 6) is -0.681. The van der Waals surface area contributed by atoms with E-state index in [1.807, 2.05) is 37.3 Å². The van der Waals surface area contributed by atoms with Crippen molar-refractivity contribution in [3.8, 4) is 11.5 Å². The van der Waals surface area contributed by atoms with Gasteiger partial charge in [-0.15, -0.1) is 11.3 Å². The lowest BCUT2D eigenvalue weighted by Crippen LogP contribution is -2.34. The Morgan fingerprint density at radius 2 is 1.82 bits per heavy atom. The Bertz CT molecular complexity index is 1170. The van der Waals surface area contributed by atoms with Gasteiger partial charge < -0.3 is 14.8 Å². The third kappa shape index (κ3) is 7.72. The average molecular weight is 478 g/mol. The van der Waals surface area contributed by atoms with Crippen molar-refractivity contribution >= 4 is 41.4 Å². The predicted molar refractivity (Wildman–Crippen MR) is 131 cm³/mol. The van der Waals surface area contributed by atoms with Crippen molar-refractivity contribution in [2.45, 2.75) is 6.92 Å². The van der Waals surface area contributed by atoms with Gasteiger partial charge in [-0.05, 0) is 53.8 Å². The number of nitrogens with zero attached hydrogens (tertiary/aromatic N) is 1. The molecule has 0 aliphatic heterocycles. The van der Waals surface area contributed by atoms with Gasteiger partial charge in [0.2, 0.25) is 5.91 Å². The first-order valence-corrected chi connectivity index (χ1v) is 11.3. The lowest BCUT2D eigenvalue weighted by atomic mass is 10.2.